The second-order valence-electron chi connectivity index (χ2n) is 3.88. The van der Waals surface area contributed by atoms with Crippen molar-refractivity contribution in [2.75, 3.05) is 0 Å². The Labute approximate surface area is 126 Å². The van der Waals surface area contributed by atoms with Gasteiger partial charge in [-0.3, -0.25) is 0 Å². The van der Waals surface area contributed by atoms with Crippen molar-refractivity contribution in [2.45, 2.75) is 9.37 Å². The number of fused-ring (bicyclic) bond motifs is 1. The highest BCUT2D eigenvalue weighted by atomic mass is 32.2. The molecule has 0 unspecified atom stereocenters. The minimum Gasteiger partial charge on any atom is -0.238 e. The van der Waals surface area contributed by atoms with Gasteiger partial charge < -0.3 is 0 Å². The van der Waals surface area contributed by atoms with Crippen molar-refractivity contribution in [3.63, 3.8) is 0 Å². The molecule has 98 valence electrons. The summed E-state index contributed by atoms with van der Waals surface area (Å²) in [5, 5.41) is 19.8. The predicted octanol–water partition coefficient (Wildman–Crippen LogP) is 3.46. The Hall–Kier alpha value is -1.77. The van der Waals surface area contributed by atoms with Crippen molar-refractivity contribution >= 4 is 40.1 Å². The zero-order valence-electron chi connectivity index (χ0n) is 10.0. The fraction of sp³-hybridized carbons (Fsp3) is 0. The molecule has 4 aromatic rings. The number of rotatable bonds is 3. The lowest BCUT2D eigenvalue weighted by Gasteiger charge is -1.99. The third-order valence-corrected chi connectivity index (χ3v) is 5.11. The minimum atomic E-state index is 0.745. The maximum atomic E-state index is 4.59. The molecule has 0 aliphatic carbocycles. The lowest BCUT2D eigenvalue weighted by atomic mass is 10.3. The molecule has 0 radical (unpaired) electrons. The highest BCUT2D eigenvalue weighted by Crippen LogP contribution is 2.28. The largest absolute Gasteiger partial charge is 0.238 e. The van der Waals surface area contributed by atoms with Crippen LogP contribution in [0.3, 0.4) is 0 Å². The first kappa shape index (κ1) is 12.0. The summed E-state index contributed by atoms with van der Waals surface area (Å²) in [6.45, 7) is 0. The van der Waals surface area contributed by atoms with Crippen LogP contribution in [0.2, 0.25) is 0 Å². The average Bonchev–Trinajstić information content (AvgIpc) is 3.19. The molecule has 0 amide bonds. The van der Waals surface area contributed by atoms with Crippen LogP contribution in [0.25, 0.3) is 17.0 Å². The van der Waals surface area contributed by atoms with Crippen molar-refractivity contribution in [3.8, 4) is 11.4 Å². The van der Waals surface area contributed by atoms with E-state index in [0.29, 0.717) is 0 Å². The Morgan fingerprint density at radius 1 is 1.10 bits per heavy atom. The van der Waals surface area contributed by atoms with E-state index in [4.69, 9.17) is 0 Å². The SMILES string of the molecule is c1csc(Sc2ccc3nnc(-c4ccsc4)n3n2)n1. The van der Waals surface area contributed by atoms with Crippen molar-refractivity contribution in [1.82, 2.24) is 24.8 Å². The van der Waals surface area contributed by atoms with Gasteiger partial charge in [-0.1, -0.05) is 0 Å². The molecule has 20 heavy (non-hydrogen) atoms. The maximum absolute atomic E-state index is 4.59. The van der Waals surface area contributed by atoms with Gasteiger partial charge in [-0.05, 0) is 35.3 Å². The van der Waals surface area contributed by atoms with Gasteiger partial charge in [0.15, 0.2) is 15.8 Å². The summed E-state index contributed by atoms with van der Waals surface area (Å²) in [6.07, 6.45) is 1.79. The van der Waals surface area contributed by atoms with E-state index in [1.54, 1.807) is 45.1 Å². The van der Waals surface area contributed by atoms with Gasteiger partial charge in [-0.25, -0.2) is 4.98 Å². The molecule has 0 spiro atoms. The molecule has 0 aliphatic heterocycles. The fourth-order valence-corrected chi connectivity index (χ4v) is 3.91. The minimum absolute atomic E-state index is 0.745. The van der Waals surface area contributed by atoms with Crippen LogP contribution >= 0.6 is 34.4 Å². The Morgan fingerprint density at radius 2 is 2.10 bits per heavy atom. The summed E-state index contributed by atoms with van der Waals surface area (Å²) < 4.78 is 2.75. The Kier molecular flexibility index (Phi) is 2.98. The summed E-state index contributed by atoms with van der Waals surface area (Å²) in [6, 6.07) is 5.88. The van der Waals surface area contributed by atoms with E-state index in [0.717, 1.165) is 26.4 Å². The number of hydrogen-bond donors (Lipinski definition) is 0. The van der Waals surface area contributed by atoms with Gasteiger partial charge in [0.25, 0.3) is 0 Å². The van der Waals surface area contributed by atoms with Gasteiger partial charge in [-0.2, -0.15) is 21.0 Å². The summed E-state index contributed by atoms with van der Waals surface area (Å²) >= 11 is 4.77. The molecule has 0 aromatic carbocycles. The highest BCUT2D eigenvalue weighted by Gasteiger charge is 2.11. The molecule has 0 bridgehead atoms. The van der Waals surface area contributed by atoms with E-state index >= 15 is 0 Å². The molecule has 4 rings (SSSR count). The Balaban J connectivity index is 1.79. The molecule has 0 atom stereocenters. The molecule has 4 heterocycles. The number of hydrogen-bond acceptors (Lipinski definition) is 7. The van der Waals surface area contributed by atoms with Gasteiger partial charge >= 0.3 is 0 Å². The topological polar surface area (TPSA) is 56.0 Å². The zero-order chi connectivity index (χ0) is 13.4. The number of nitrogens with zero attached hydrogens (tertiary/aromatic N) is 5. The molecule has 0 saturated heterocycles. The first-order valence-electron chi connectivity index (χ1n) is 5.72. The molecular formula is C12H7N5S3. The van der Waals surface area contributed by atoms with Gasteiger partial charge in [-0.15, -0.1) is 21.5 Å². The summed E-state index contributed by atoms with van der Waals surface area (Å²) in [4.78, 5) is 4.25. The maximum Gasteiger partial charge on any atom is 0.186 e. The van der Waals surface area contributed by atoms with E-state index in [1.807, 2.05) is 34.3 Å². The third kappa shape index (κ3) is 2.11. The molecule has 0 fully saturated rings. The fourth-order valence-electron chi connectivity index (χ4n) is 1.75. The van der Waals surface area contributed by atoms with E-state index in [9.17, 15) is 0 Å². The lowest BCUT2D eigenvalue weighted by molar-refractivity contribution is 0.860. The van der Waals surface area contributed by atoms with E-state index in [2.05, 4.69) is 20.3 Å². The second kappa shape index (κ2) is 4.97. The third-order valence-electron chi connectivity index (χ3n) is 2.62. The van der Waals surface area contributed by atoms with Crippen LogP contribution in [0.1, 0.15) is 0 Å². The van der Waals surface area contributed by atoms with Gasteiger partial charge in [0.2, 0.25) is 0 Å². The number of aromatic nitrogens is 5. The summed E-state index contributed by atoms with van der Waals surface area (Å²) in [5.74, 6) is 0.767. The van der Waals surface area contributed by atoms with Crippen LogP contribution in [0.5, 0.6) is 0 Å². The quantitative estimate of drug-likeness (QED) is 0.579. The van der Waals surface area contributed by atoms with Crippen LogP contribution < -0.4 is 0 Å². The van der Waals surface area contributed by atoms with Gasteiger partial charge in [0, 0.05) is 22.5 Å². The average molecular weight is 317 g/mol. The van der Waals surface area contributed by atoms with Crippen LogP contribution in [-0.4, -0.2) is 24.8 Å². The highest BCUT2D eigenvalue weighted by molar-refractivity contribution is 8.00. The molecule has 4 aromatic heterocycles. The zero-order valence-corrected chi connectivity index (χ0v) is 12.5. The molecule has 8 heteroatoms. The normalized spacial score (nSPS) is 11.2. The van der Waals surface area contributed by atoms with Crippen molar-refractivity contribution in [2.24, 2.45) is 0 Å². The summed E-state index contributed by atoms with van der Waals surface area (Å²) in [5.41, 5.74) is 1.78. The van der Waals surface area contributed by atoms with Crippen molar-refractivity contribution in [1.29, 1.82) is 0 Å². The van der Waals surface area contributed by atoms with Crippen LogP contribution in [0.15, 0.2) is 49.9 Å². The van der Waals surface area contributed by atoms with Gasteiger partial charge in [0.05, 0.1) is 0 Å². The van der Waals surface area contributed by atoms with E-state index in [-0.39, 0.29) is 0 Å². The Bertz CT molecular complexity index is 835. The van der Waals surface area contributed by atoms with Crippen LogP contribution in [0, 0.1) is 0 Å². The monoisotopic (exact) mass is 317 g/mol. The predicted molar refractivity (Wildman–Crippen MR) is 80.3 cm³/mol. The molecule has 0 N–H and O–H groups in total. The molecular weight excluding hydrogens is 310 g/mol. The van der Waals surface area contributed by atoms with E-state index < -0.39 is 0 Å². The van der Waals surface area contributed by atoms with Crippen molar-refractivity contribution in [3.05, 3.63) is 40.5 Å². The van der Waals surface area contributed by atoms with Crippen LogP contribution in [-0.2, 0) is 0 Å². The lowest BCUT2D eigenvalue weighted by Crippen LogP contribution is -1.95. The smallest absolute Gasteiger partial charge is 0.186 e. The first-order chi connectivity index (χ1) is 9.90. The van der Waals surface area contributed by atoms with E-state index in [1.165, 1.54) is 0 Å². The Morgan fingerprint density at radius 3 is 2.90 bits per heavy atom. The standard InChI is InChI=1S/C12H7N5S3/c1-2-10(20-12-13-4-6-19-12)16-17-9(1)14-15-11(17)8-3-5-18-7-8/h1-7H. The molecule has 5 nitrogen and oxygen atoms in total. The molecule has 0 saturated carbocycles. The number of thiazole rings is 1. The van der Waals surface area contributed by atoms with Crippen molar-refractivity contribution < 1.29 is 0 Å². The molecule has 0 aliphatic rings. The first-order valence-corrected chi connectivity index (χ1v) is 8.36. The van der Waals surface area contributed by atoms with Gasteiger partial charge in [0.1, 0.15) is 5.03 Å². The van der Waals surface area contributed by atoms with Crippen LogP contribution in [0.4, 0.5) is 0 Å². The number of thiophene rings is 1. The second-order valence-corrected chi connectivity index (χ2v) is 6.82. The summed E-state index contributed by atoms with van der Waals surface area (Å²) in [7, 11) is 0.